The van der Waals surface area contributed by atoms with Crippen LogP contribution in [0.25, 0.3) is 0 Å². The third kappa shape index (κ3) is 2.15. The van der Waals surface area contributed by atoms with Crippen molar-refractivity contribution in [2.24, 2.45) is 11.8 Å². The lowest BCUT2D eigenvalue weighted by atomic mass is 9.84. The number of hydrogen-bond donors (Lipinski definition) is 0. The summed E-state index contributed by atoms with van der Waals surface area (Å²) in [6.07, 6.45) is 11.3. The van der Waals surface area contributed by atoms with Gasteiger partial charge in [-0.15, -0.1) is 5.73 Å². The van der Waals surface area contributed by atoms with Crippen LogP contribution in [-0.4, -0.2) is 4.90 Å². The smallest absolute Gasteiger partial charge is 0.0803 e. The molecule has 0 aromatic rings. The molecule has 0 aromatic carbocycles. The normalized spacial score (nSPS) is 27.7. The highest BCUT2D eigenvalue weighted by atomic mass is 15.2. The lowest BCUT2D eigenvalue weighted by molar-refractivity contribution is 0.469. The standard InChI is InChI=1S/C18H17N/c1-2-19-17-13-8-6-4-3-5-7-11-15(17)16-12-9-10-14-18(16)19/h2,8,14-16H,1,5-6,9-10,12H2. The maximum atomic E-state index is 3.95. The molecule has 0 spiro atoms. The second kappa shape index (κ2) is 5.27. The van der Waals surface area contributed by atoms with Gasteiger partial charge in [-0.3, -0.25) is 0 Å². The molecule has 0 saturated carbocycles. The fourth-order valence-corrected chi connectivity index (χ4v) is 3.06. The first-order valence-corrected chi connectivity index (χ1v) is 6.93. The molecule has 0 aromatic heterocycles. The average Bonchev–Trinajstić information content (AvgIpc) is 2.76. The van der Waals surface area contributed by atoms with Crippen molar-refractivity contribution in [3.63, 3.8) is 0 Å². The Morgan fingerprint density at radius 3 is 3.16 bits per heavy atom. The highest BCUT2D eigenvalue weighted by Gasteiger charge is 2.40. The second-order valence-corrected chi connectivity index (χ2v) is 4.99. The van der Waals surface area contributed by atoms with Crippen molar-refractivity contribution < 1.29 is 0 Å². The van der Waals surface area contributed by atoms with Crippen LogP contribution in [0.3, 0.4) is 0 Å². The van der Waals surface area contributed by atoms with Crippen LogP contribution in [0.15, 0.2) is 42.1 Å². The summed E-state index contributed by atoms with van der Waals surface area (Å²) < 4.78 is 0. The molecule has 0 bridgehead atoms. The molecule has 0 N–H and O–H groups in total. The van der Waals surface area contributed by atoms with E-state index in [1.165, 1.54) is 18.5 Å². The predicted octanol–water partition coefficient (Wildman–Crippen LogP) is 3.59. The van der Waals surface area contributed by atoms with E-state index >= 15 is 0 Å². The van der Waals surface area contributed by atoms with Crippen LogP contribution in [-0.2, 0) is 0 Å². The van der Waals surface area contributed by atoms with E-state index in [9.17, 15) is 0 Å². The molecule has 2 aliphatic carbocycles. The van der Waals surface area contributed by atoms with Gasteiger partial charge in [0, 0.05) is 24.2 Å². The Morgan fingerprint density at radius 2 is 2.26 bits per heavy atom. The molecule has 1 saturated heterocycles. The number of likely N-dealkylation sites (tertiary alicyclic amines) is 1. The largest absolute Gasteiger partial charge is 0.317 e. The highest BCUT2D eigenvalue weighted by molar-refractivity contribution is 5.38. The van der Waals surface area contributed by atoms with E-state index in [2.05, 4.69) is 47.0 Å². The predicted molar refractivity (Wildman–Crippen MR) is 77.3 cm³/mol. The Labute approximate surface area is 115 Å². The van der Waals surface area contributed by atoms with Crippen LogP contribution in [0, 0.1) is 35.5 Å². The SMILES string of the molecule is C=CN1C2=C=CCC#CCC#CC2C2CCCC=C21. The summed E-state index contributed by atoms with van der Waals surface area (Å²) in [6, 6.07) is 0. The zero-order valence-electron chi connectivity index (χ0n) is 11.1. The van der Waals surface area contributed by atoms with Crippen LogP contribution in [0.5, 0.6) is 0 Å². The van der Waals surface area contributed by atoms with Gasteiger partial charge in [-0.25, -0.2) is 0 Å². The Bertz CT molecular complexity index is 606. The molecule has 2 unspecified atom stereocenters. The third-order valence-electron chi connectivity index (χ3n) is 3.88. The van der Waals surface area contributed by atoms with Gasteiger partial charge in [0.1, 0.15) is 0 Å². The molecule has 3 rings (SSSR count). The lowest BCUT2D eigenvalue weighted by Gasteiger charge is -2.21. The monoisotopic (exact) mass is 247 g/mol. The molecule has 3 aliphatic rings. The van der Waals surface area contributed by atoms with Crippen molar-refractivity contribution in [1.82, 2.24) is 4.90 Å². The van der Waals surface area contributed by atoms with Gasteiger partial charge in [-0.05, 0) is 25.3 Å². The molecular weight excluding hydrogens is 230 g/mol. The number of fused-ring (bicyclic) bond motifs is 3. The molecule has 1 aliphatic heterocycles. The van der Waals surface area contributed by atoms with E-state index in [1.54, 1.807) is 0 Å². The minimum Gasteiger partial charge on any atom is -0.317 e. The van der Waals surface area contributed by atoms with Crippen LogP contribution in [0.2, 0.25) is 0 Å². The van der Waals surface area contributed by atoms with E-state index in [0.29, 0.717) is 12.3 Å². The van der Waals surface area contributed by atoms with Crippen molar-refractivity contribution >= 4 is 0 Å². The lowest BCUT2D eigenvalue weighted by Crippen LogP contribution is -2.13. The first-order valence-electron chi connectivity index (χ1n) is 6.93. The van der Waals surface area contributed by atoms with Gasteiger partial charge in [-0.1, -0.05) is 36.3 Å². The van der Waals surface area contributed by atoms with Crippen molar-refractivity contribution in [3.8, 4) is 23.7 Å². The van der Waals surface area contributed by atoms with Crippen LogP contribution in [0.1, 0.15) is 32.1 Å². The summed E-state index contributed by atoms with van der Waals surface area (Å²) in [5.41, 5.74) is 5.94. The molecule has 0 amide bonds. The summed E-state index contributed by atoms with van der Waals surface area (Å²) in [5, 5.41) is 0. The molecule has 19 heavy (non-hydrogen) atoms. The molecule has 1 fully saturated rings. The molecular formula is C18H17N. The molecule has 94 valence electrons. The number of nitrogens with zero attached hydrogens (tertiary/aromatic N) is 1. The topological polar surface area (TPSA) is 3.24 Å². The Balaban J connectivity index is 2.10. The fourth-order valence-electron chi connectivity index (χ4n) is 3.06. The van der Waals surface area contributed by atoms with E-state index < -0.39 is 0 Å². The Morgan fingerprint density at radius 1 is 1.32 bits per heavy atom. The third-order valence-corrected chi connectivity index (χ3v) is 3.88. The highest BCUT2D eigenvalue weighted by Crippen LogP contribution is 2.45. The first kappa shape index (κ1) is 12.0. The summed E-state index contributed by atoms with van der Waals surface area (Å²) >= 11 is 0. The van der Waals surface area contributed by atoms with E-state index in [-0.39, 0.29) is 5.92 Å². The zero-order chi connectivity index (χ0) is 13.1. The quantitative estimate of drug-likeness (QED) is 0.505. The van der Waals surface area contributed by atoms with Gasteiger partial charge in [0.15, 0.2) is 0 Å². The summed E-state index contributed by atoms with van der Waals surface area (Å²) in [7, 11) is 0. The van der Waals surface area contributed by atoms with Gasteiger partial charge < -0.3 is 4.90 Å². The molecule has 1 nitrogen and oxygen atoms in total. The summed E-state index contributed by atoms with van der Waals surface area (Å²) in [5.74, 6) is 13.6. The first-order chi connectivity index (χ1) is 9.42. The Kier molecular flexibility index (Phi) is 3.33. The summed E-state index contributed by atoms with van der Waals surface area (Å²) in [4.78, 5) is 2.19. The molecule has 0 radical (unpaired) electrons. The van der Waals surface area contributed by atoms with E-state index in [4.69, 9.17) is 0 Å². The van der Waals surface area contributed by atoms with Gasteiger partial charge in [-0.2, -0.15) is 0 Å². The maximum absolute atomic E-state index is 3.95. The number of hydrogen-bond acceptors (Lipinski definition) is 1. The van der Waals surface area contributed by atoms with Crippen LogP contribution < -0.4 is 0 Å². The fraction of sp³-hybridized carbons (Fsp3) is 0.389. The summed E-state index contributed by atoms with van der Waals surface area (Å²) in [6.45, 7) is 3.95. The van der Waals surface area contributed by atoms with Gasteiger partial charge in [0.25, 0.3) is 0 Å². The average molecular weight is 247 g/mol. The van der Waals surface area contributed by atoms with Crippen molar-refractivity contribution in [3.05, 3.63) is 42.1 Å². The number of allylic oxidation sites excluding steroid dienone is 3. The van der Waals surface area contributed by atoms with Crippen molar-refractivity contribution in [2.75, 3.05) is 0 Å². The Hall–Kier alpha value is -2.08. The minimum absolute atomic E-state index is 0.265. The van der Waals surface area contributed by atoms with Gasteiger partial charge >= 0.3 is 0 Å². The van der Waals surface area contributed by atoms with Gasteiger partial charge in [0.05, 0.1) is 18.0 Å². The minimum atomic E-state index is 0.265. The van der Waals surface area contributed by atoms with Crippen LogP contribution >= 0.6 is 0 Å². The molecule has 1 heterocycles. The van der Waals surface area contributed by atoms with Crippen LogP contribution in [0.4, 0.5) is 0 Å². The van der Waals surface area contributed by atoms with Crippen molar-refractivity contribution in [2.45, 2.75) is 32.1 Å². The second-order valence-electron chi connectivity index (χ2n) is 4.99. The molecule has 1 heteroatoms. The van der Waals surface area contributed by atoms with E-state index in [1.807, 2.05) is 12.3 Å². The van der Waals surface area contributed by atoms with E-state index in [0.717, 1.165) is 18.5 Å². The maximum Gasteiger partial charge on any atom is 0.0803 e. The van der Waals surface area contributed by atoms with Crippen molar-refractivity contribution in [1.29, 1.82) is 0 Å². The zero-order valence-corrected chi connectivity index (χ0v) is 11.1. The molecule has 2 atom stereocenters. The number of rotatable bonds is 1. The van der Waals surface area contributed by atoms with Gasteiger partial charge in [0.2, 0.25) is 0 Å².